The fourth-order valence-corrected chi connectivity index (χ4v) is 3.34. The van der Waals surface area contributed by atoms with Crippen molar-refractivity contribution >= 4 is 16.7 Å². The molecule has 3 aromatic rings. The number of carbonyl (C=O) groups is 1. The van der Waals surface area contributed by atoms with Gasteiger partial charge < -0.3 is 10.1 Å². The van der Waals surface area contributed by atoms with Crippen LogP contribution in [0.1, 0.15) is 43.0 Å². The monoisotopic (exact) mass is 361 g/mol. The van der Waals surface area contributed by atoms with E-state index in [0.717, 1.165) is 22.1 Å². The van der Waals surface area contributed by atoms with Crippen LogP contribution in [0.2, 0.25) is 0 Å². The van der Waals surface area contributed by atoms with Crippen molar-refractivity contribution < 1.29 is 9.53 Å². The number of carbonyl (C=O) groups excluding carboxylic acids is 1. The molecular weight excluding hydrogens is 334 g/mol. The van der Waals surface area contributed by atoms with E-state index in [1.807, 2.05) is 50.2 Å². The maximum atomic E-state index is 12.8. The number of benzene rings is 3. The summed E-state index contributed by atoms with van der Waals surface area (Å²) in [6.07, 6.45) is 0.0942. The first kappa shape index (κ1) is 19.0. The Bertz CT molecular complexity index is 948. The van der Waals surface area contributed by atoms with Gasteiger partial charge in [-0.2, -0.15) is 0 Å². The van der Waals surface area contributed by atoms with Gasteiger partial charge in [0.15, 0.2) is 6.10 Å². The van der Waals surface area contributed by atoms with E-state index in [0.29, 0.717) is 6.42 Å². The molecule has 1 N–H and O–H groups in total. The van der Waals surface area contributed by atoms with Gasteiger partial charge >= 0.3 is 0 Å². The number of nitrogens with one attached hydrogen (secondary N) is 1. The number of hydrogen-bond donors (Lipinski definition) is 1. The highest BCUT2D eigenvalue weighted by molar-refractivity contribution is 5.84. The van der Waals surface area contributed by atoms with Gasteiger partial charge in [-0.05, 0) is 61.2 Å². The van der Waals surface area contributed by atoms with Crippen molar-refractivity contribution in [2.45, 2.75) is 46.3 Å². The summed E-state index contributed by atoms with van der Waals surface area (Å²) >= 11 is 0. The number of amides is 1. The van der Waals surface area contributed by atoms with Crippen LogP contribution in [0, 0.1) is 13.8 Å². The fourth-order valence-electron chi connectivity index (χ4n) is 3.34. The van der Waals surface area contributed by atoms with E-state index >= 15 is 0 Å². The van der Waals surface area contributed by atoms with Gasteiger partial charge in [-0.3, -0.25) is 4.79 Å². The number of fused-ring (bicyclic) bond motifs is 1. The Morgan fingerprint density at radius 2 is 1.74 bits per heavy atom. The molecule has 140 valence electrons. The first-order chi connectivity index (χ1) is 13.0. The van der Waals surface area contributed by atoms with E-state index in [4.69, 9.17) is 4.74 Å². The van der Waals surface area contributed by atoms with Gasteiger partial charge in [-0.15, -0.1) is 0 Å². The maximum absolute atomic E-state index is 12.8. The predicted molar refractivity (Wildman–Crippen MR) is 111 cm³/mol. The van der Waals surface area contributed by atoms with Crippen molar-refractivity contribution in [1.29, 1.82) is 0 Å². The molecule has 3 heteroatoms. The minimum Gasteiger partial charge on any atom is -0.481 e. The molecule has 0 radical (unpaired) electrons. The molecule has 0 spiro atoms. The Balaban J connectivity index is 1.72. The summed E-state index contributed by atoms with van der Waals surface area (Å²) in [7, 11) is 0. The molecule has 0 aliphatic heterocycles. The molecule has 27 heavy (non-hydrogen) atoms. The first-order valence-corrected chi connectivity index (χ1v) is 9.51. The Kier molecular flexibility index (Phi) is 5.80. The van der Waals surface area contributed by atoms with Crippen LogP contribution in [0.5, 0.6) is 5.75 Å². The second-order valence-electron chi connectivity index (χ2n) is 7.11. The highest BCUT2D eigenvalue weighted by Crippen LogP contribution is 2.23. The highest BCUT2D eigenvalue weighted by Gasteiger charge is 2.21. The normalized spacial score (nSPS) is 13.2. The number of rotatable bonds is 6. The maximum Gasteiger partial charge on any atom is 0.261 e. The van der Waals surface area contributed by atoms with Crippen molar-refractivity contribution in [3.05, 3.63) is 77.4 Å². The zero-order chi connectivity index (χ0) is 19.4. The molecule has 0 aromatic heterocycles. The minimum absolute atomic E-state index is 0.0633. The summed E-state index contributed by atoms with van der Waals surface area (Å²) in [4.78, 5) is 12.8. The van der Waals surface area contributed by atoms with Gasteiger partial charge in [0.2, 0.25) is 0 Å². The average molecular weight is 361 g/mol. The predicted octanol–water partition coefficient (Wildman–Crippen LogP) is 5.49. The summed E-state index contributed by atoms with van der Waals surface area (Å²) in [5, 5.41) is 5.37. The van der Waals surface area contributed by atoms with Crippen molar-refractivity contribution in [3.63, 3.8) is 0 Å². The Hall–Kier alpha value is -2.81. The Labute approximate surface area is 161 Å². The molecule has 0 aliphatic rings. The van der Waals surface area contributed by atoms with Gasteiger partial charge in [0.1, 0.15) is 5.75 Å². The molecule has 3 aromatic carbocycles. The van der Waals surface area contributed by atoms with Crippen molar-refractivity contribution in [1.82, 2.24) is 5.32 Å². The highest BCUT2D eigenvalue weighted by atomic mass is 16.5. The fraction of sp³-hybridized carbons (Fsp3) is 0.292. The SMILES string of the molecule is CC[C@H](Oc1ccc2ccccc2c1)C(=O)N[C@@H](C)c1cc(C)ccc1C. The van der Waals surface area contributed by atoms with Gasteiger partial charge in [0.25, 0.3) is 5.91 Å². The molecule has 0 heterocycles. The lowest BCUT2D eigenvalue weighted by atomic mass is 10.00. The van der Waals surface area contributed by atoms with E-state index in [2.05, 4.69) is 43.4 Å². The largest absolute Gasteiger partial charge is 0.481 e. The lowest BCUT2D eigenvalue weighted by Crippen LogP contribution is -2.39. The summed E-state index contributed by atoms with van der Waals surface area (Å²) < 4.78 is 6.01. The minimum atomic E-state index is -0.515. The molecule has 1 amide bonds. The van der Waals surface area contributed by atoms with Crippen molar-refractivity contribution in [2.75, 3.05) is 0 Å². The zero-order valence-corrected chi connectivity index (χ0v) is 16.5. The van der Waals surface area contributed by atoms with Crippen LogP contribution in [0.25, 0.3) is 10.8 Å². The van der Waals surface area contributed by atoms with E-state index in [-0.39, 0.29) is 11.9 Å². The van der Waals surface area contributed by atoms with Crippen molar-refractivity contribution in [3.8, 4) is 5.75 Å². The van der Waals surface area contributed by atoms with E-state index in [9.17, 15) is 4.79 Å². The lowest BCUT2D eigenvalue weighted by Gasteiger charge is -2.22. The summed E-state index contributed by atoms with van der Waals surface area (Å²) in [5.41, 5.74) is 3.51. The molecule has 0 bridgehead atoms. The van der Waals surface area contributed by atoms with Crippen LogP contribution in [-0.4, -0.2) is 12.0 Å². The number of ether oxygens (including phenoxy) is 1. The zero-order valence-electron chi connectivity index (χ0n) is 16.5. The van der Waals surface area contributed by atoms with Crippen LogP contribution >= 0.6 is 0 Å². The quantitative estimate of drug-likeness (QED) is 0.630. The summed E-state index contributed by atoms with van der Waals surface area (Å²) in [6, 6.07) is 20.3. The number of aryl methyl sites for hydroxylation is 2. The molecule has 0 unspecified atom stereocenters. The molecule has 0 saturated carbocycles. The third kappa shape index (κ3) is 4.48. The smallest absolute Gasteiger partial charge is 0.261 e. The van der Waals surface area contributed by atoms with Crippen LogP contribution in [-0.2, 0) is 4.79 Å². The van der Waals surface area contributed by atoms with E-state index in [1.165, 1.54) is 11.1 Å². The van der Waals surface area contributed by atoms with Gasteiger partial charge in [-0.1, -0.05) is 61.0 Å². The van der Waals surface area contributed by atoms with Crippen LogP contribution in [0.3, 0.4) is 0 Å². The molecule has 3 rings (SSSR count). The lowest BCUT2D eigenvalue weighted by molar-refractivity contribution is -0.128. The van der Waals surface area contributed by atoms with Gasteiger partial charge in [0.05, 0.1) is 6.04 Å². The van der Waals surface area contributed by atoms with Crippen LogP contribution in [0.15, 0.2) is 60.7 Å². The summed E-state index contributed by atoms with van der Waals surface area (Å²) in [5.74, 6) is 0.633. The van der Waals surface area contributed by atoms with Crippen LogP contribution < -0.4 is 10.1 Å². The van der Waals surface area contributed by atoms with Gasteiger partial charge in [-0.25, -0.2) is 0 Å². The standard InChI is InChI=1S/C24H27NO2/c1-5-23(27-21-13-12-19-8-6-7-9-20(19)15-21)24(26)25-18(4)22-14-16(2)10-11-17(22)3/h6-15,18,23H,5H2,1-4H3,(H,25,26)/t18-,23-/m0/s1. The molecule has 0 saturated heterocycles. The molecule has 0 aliphatic carbocycles. The van der Waals surface area contributed by atoms with E-state index < -0.39 is 6.10 Å². The molecular formula is C24H27NO2. The Morgan fingerprint density at radius 3 is 2.48 bits per heavy atom. The topological polar surface area (TPSA) is 38.3 Å². The molecule has 3 nitrogen and oxygen atoms in total. The van der Waals surface area contributed by atoms with E-state index in [1.54, 1.807) is 0 Å². The van der Waals surface area contributed by atoms with Gasteiger partial charge in [0, 0.05) is 0 Å². The molecule has 0 fully saturated rings. The third-order valence-electron chi connectivity index (χ3n) is 4.92. The third-order valence-corrected chi connectivity index (χ3v) is 4.92. The van der Waals surface area contributed by atoms with Crippen molar-refractivity contribution in [2.24, 2.45) is 0 Å². The molecule has 2 atom stereocenters. The second-order valence-corrected chi connectivity index (χ2v) is 7.11. The average Bonchev–Trinajstić information content (AvgIpc) is 2.67. The first-order valence-electron chi connectivity index (χ1n) is 9.51. The summed E-state index contributed by atoms with van der Waals surface area (Å²) in [6.45, 7) is 8.12. The number of hydrogen-bond acceptors (Lipinski definition) is 2. The second kappa shape index (κ2) is 8.26. The van der Waals surface area contributed by atoms with Crippen LogP contribution in [0.4, 0.5) is 0 Å². The Morgan fingerprint density at radius 1 is 1.00 bits per heavy atom.